The van der Waals surface area contributed by atoms with E-state index in [-0.39, 0.29) is 5.91 Å². The molecule has 23 heavy (non-hydrogen) atoms. The van der Waals surface area contributed by atoms with E-state index in [0.29, 0.717) is 23.8 Å². The molecule has 1 aromatic carbocycles. The van der Waals surface area contributed by atoms with Gasteiger partial charge in [0.25, 0.3) is 0 Å². The molecular weight excluding hydrogens is 284 g/mol. The molecule has 2 aliphatic heterocycles. The van der Waals surface area contributed by atoms with Gasteiger partial charge >= 0.3 is 0 Å². The number of rotatable bonds is 1. The number of carbonyl (C=O) groups is 1. The van der Waals surface area contributed by atoms with Crippen molar-refractivity contribution < 1.29 is 4.79 Å². The molecule has 122 valence electrons. The second kappa shape index (κ2) is 5.20. The van der Waals surface area contributed by atoms with E-state index in [1.807, 2.05) is 4.90 Å². The maximum atomic E-state index is 12.0. The molecule has 0 N–H and O–H groups in total. The van der Waals surface area contributed by atoms with Crippen LogP contribution in [0.3, 0.4) is 0 Å². The van der Waals surface area contributed by atoms with Crippen LogP contribution >= 0.6 is 0 Å². The van der Waals surface area contributed by atoms with Crippen molar-refractivity contribution in [2.24, 2.45) is 11.8 Å². The van der Waals surface area contributed by atoms with Gasteiger partial charge in [-0.2, -0.15) is 0 Å². The average molecular weight is 310 g/mol. The van der Waals surface area contributed by atoms with Crippen LogP contribution in [0.25, 0.3) is 6.08 Å². The number of fused-ring (bicyclic) bond motifs is 1. The lowest BCUT2D eigenvalue weighted by molar-refractivity contribution is -0.116. The largest absolute Gasteiger partial charge is 0.312 e. The first-order valence-corrected chi connectivity index (χ1v) is 8.80. The van der Waals surface area contributed by atoms with Crippen molar-refractivity contribution in [2.45, 2.75) is 39.2 Å². The molecule has 2 heterocycles. The summed E-state index contributed by atoms with van der Waals surface area (Å²) in [5, 5.41) is 0. The molecule has 3 unspecified atom stereocenters. The molecular formula is C20H26N2O. The van der Waals surface area contributed by atoms with Gasteiger partial charge in [0.2, 0.25) is 5.91 Å². The van der Waals surface area contributed by atoms with Gasteiger partial charge in [-0.05, 0) is 48.1 Å². The van der Waals surface area contributed by atoms with Crippen LogP contribution < -0.4 is 4.90 Å². The monoisotopic (exact) mass is 310 g/mol. The molecule has 0 radical (unpaired) electrons. The first kappa shape index (κ1) is 14.9. The second-order valence-corrected chi connectivity index (χ2v) is 7.79. The molecule has 1 saturated heterocycles. The van der Waals surface area contributed by atoms with Gasteiger partial charge < -0.3 is 4.90 Å². The molecule has 3 aliphatic rings. The number of nitrogens with zero attached hydrogens (tertiary/aromatic N) is 2. The summed E-state index contributed by atoms with van der Waals surface area (Å²) < 4.78 is 0. The van der Waals surface area contributed by atoms with E-state index in [1.54, 1.807) is 12.5 Å². The van der Waals surface area contributed by atoms with E-state index >= 15 is 0 Å². The second-order valence-electron chi connectivity index (χ2n) is 7.79. The van der Waals surface area contributed by atoms with Gasteiger partial charge in [-0.1, -0.05) is 32.1 Å². The predicted molar refractivity (Wildman–Crippen MR) is 94.6 cm³/mol. The normalized spacial score (nSPS) is 29.3. The molecule has 4 rings (SSSR count). The van der Waals surface area contributed by atoms with E-state index in [2.05, 4.69) is 50.1 Å². The summed E-state index contributed by atoms with van der Waals surface area (Å²) in [5.74, 6) is 1.96. The Morgan fingerprint density at radius 2 is 2.04 bits per heavy atom. The zero-order valence-corrected chi connectivity index (χ0v) is 14.5. The fourth-order valence-electron chi connectivity index (χ4n) is 4.89. The zero-order chi connectivity index (χ0) is 16.3. The molecule has 0 spiro atoms. The highest BCUT2D eigenvalue weighted by Gasteiger charge is 2.42. The van der Waals surface area contributed by atoms with Gasteiger partial charge in [-0.3, -0.25) is 9.69 Å². The SMILES string of the molecule is CC(=O)N1CC2CC3C(=Cc4cccc1c42)C(C(C)C)CN3C. The molecule has 3 nitrogen and oxygen atoms in total. The maximum absolute atomic E-state index is 12.0. The van der Waals surface area contributed by atoms with Gasteiger partial charge in [-0.25, -0.2) is 0 Å². The van der Waals surface area contributed by atoms with Crippen molar-refractivity contribution in [1.29, 1.82) is 0 Å². The topological polar surface area (TPSA) is 23.6 Å². The van der Waals surface area contributed by atoms with E-state index in [0.717, 1.165) is 25.2 Å². The van der Waals surface area contributed by atoms with Crippen LogP contribution in [0.1, 0.15) is 44.2 Å². The number of likely N-dealkylation sites (tertiary alicyclic amines) is 1. The number of carbonyl (C=O) groups excluding carboxylic acids is 1. The van der Waals surface area contributed by atoms with Gasteiger partial charge in [0.15, 0.2) is 0 Å². The van der Waals surface area contributed by atoms with E-state index in [1.165, 1.54) is 11.1 Å². The third-order valence-electron chi connectivity index (χ3n) is 6.06. The summed E-state index contributed by atoms with van der Waals surface area (Å²) in [6.07, 6.45) is 3.58. The number of amides is 1. The molecule has 1 fully saturated rings. The van der Waals surface area contributed by atoms with E-state index < -0.39 is 0 Å². The Labute approximate surface area is 139 Å². The Hall–Kier alpha value is -1.61. The van der Waals surface area contributed by atoms with Crippen LogP contribution in [0.15, 0.2) is 23.8 Å². The number of likely N-dealkylation sites (N-methyl/N-ethyl adjacent to an activating group) is 1. The van der Waals surface area contributed by atoms with Crippen molar-refractivity contribution in [1.82, 2.24) is 4.90 Å². The van der Waals surface area contributed by atoms with Crippen molar-refractivity contribution in [3.05, 3.63) is 34.9 Å². The van der Waals surface area contributed by atoms with Crippen molar-refractivity contribution in [3.8, 4) is 0 Å². The Kier molecular flexibility index (Phi) is 3.38. The van der Waals surface area contributed by atoms with Crippen molar-refractivity contribution in [2.75, 3.05) is 25.0 Å². The average Bonchev–Trinajstić information content (AvgIpc) is 2.95. The first-order valence-electron chi connectivity index (χ1n) is 8.80. The minimum atomic E-state index is 0.163. The summed E-state index contributed by atoms with van der Waals surface area (Å²) in [6, 6.07) is 6.98. The van der Waals surface area contributed by atoms with Crippen LogP contribution in [0.2, 0.25) is 0 Å². The molecule has 3 heteroatoms. The van der Waals surface area contributed by atoms with Crippen molar-refractivity contribution >= 4 is 17.7 Å². The highest BCUT2D eigenvalue weighted by atomic mass is 16.2. The highest BCUT2D eigenvalue weighted by molar-refractivity contribution is 5.95. The molecule has 0 aromatic heterocycles. The Morgan fingerprint density at radius 3 is 2.74 bits per heavy atom. The summed E-state index contributed by atoms with van der Waals surface area (Å²) in [4.78, 5) is 16.5. The van der Waals surface area contributed by atoms with Crippen LogP contribution in [-0.2, 0) is 4.79 Å². The Balaban J connectivity index is 1.85. The molecule has 0 bridgehead atoms. The fourth-order valence-corrected chi connectivity index (χ4v) is 4.89. The lowest BCUT2D eigenvalue weighted by atomic mass is 9.86. The molecule has 0 saturated carbocycles. The summed E-state index contributed by atoms with van der Waals surface area (Å²) in [6.45, 7) is 8.36. The minimum absolute atomic E-state index is 0.163. The number of anilines is 1. The standard InChI is InChI=1S/C20H26N2O/c1-12(2)17-11-21(4)19-9-15-10-22(13(3)23)18-7-5-6-14(20(15)18)8-16(17)19/h5-8,12,15,17,19H,9-11H2,1-4H3. The maximum Gasteiger partial charge on any atom is 0.223 e. The van der Waals surface area contributed by atoms with Gasteiger partial charge in [0.05, 0.1) is 0 Å². The number of hydrogen-bond acceptors (Lipinski definition) is 2. The van der Waals surface area contributed by atoms with Crippen LogP contribution in [0.4, 0.5) is 5.69 Å². The van der Waals surface area contributed by atoms with Crippen LogP contribution in [0, 0.1) is 11.8 Å². The molecule has 1 aliphatic carbocycles. The molecule has 1 amide bonds. The Bertz CT molecular complexity index is 691. The minimum Gasteiger partial charge on any atom is -0.312 e. The Morgan fingerprint density at radius 1 is 1.26 bits per heavy atom. The summed E-state index contributed by atoms with van der Waals surface area (Å²) in [7, 11) is 2.26. The number of hydrogen-bond donors (Lipinski definition) is 0. The number of benzene rings is 1. The molecule has 1 aromatic rings. The van der Waals surface area contributed by atoms with Gasteiger partial charge in [-0.15, -0.1) is 0 Å². The lowest BCUT2D eigenvalue weighted by Gasteiger charge is -2.23. The smallest absolute Gasteiger partial charge is 0.223 e. The molecule has 3 atom stereocenters. The van der Waals surface area contributed by atoms with Crippen LogP contribution in [0.5, 0.6) is 0 Å². The quantitative estimate of drug-likeness (QED) is 0.792. The summed E-state index contributed by atoms with van der Waals surface area (Å²) in [5.41, 5.74) is 5.50. The third-order valence-corrected chi connectivity index (χ3v) is 6.06. The van der Waals surface area contributed by atoms with E-state index in [4.69, 9.17) is 0 Å². The van der Waals surface area contributed by atoms with Gasteiger partial charge in [0, 0.05) is 37.7 Å². The van der Waals surface area contributed by atoms with Gasteiger partial charge in [0.1, 0.15) is 0 Å². The van der Waals surface area contributed by atoms with Crippen molar-refractivity contribution in [3.63, 3.8) is 0 Å². The lowest BCUT2D eigenvalue weighted by Crippen LogP contribution is -2.31. The third kappa shape index (κ3) is 2.17. The van der Waals surface area contributed by atoms with Crippen LogP contribution in [-0.4, -0.2) is 37.0 Å². The summed E-state index contributed by atoms with van der Waals surface area (Å²) >= 11 is 0. The zero-order valence-electron chi connectivity index (χ0n) is 14.5. The highest BCUT2D eigenvalue weighted by Crippen LogP contribution is 2.48. The van der Waals surface area contributed by atoms with E-state index in [9.17, 15) is 4.79 Å². The predicted octanol–water partition coefficient (Wildman–Crippen LogP) is 3.51. The first-order chi connectivity index (χ1) is 11.0. The fraction of sp³-hybridized carbons (Fsp3) is 0.550.